The van der Waals surface area contributed by atoms with Crippen LogP contribution in [0.4, 0.5) is 5.13 Å². The number of carbonyl (C=O) groups is 1. The van der Waals surface area contributed by atoms with Crippen molar-refractivity contribution in [2.45, 2.75) is 9.92 Å². The molecule has 0 atom stereocenters. The van der Waals surface area contributed by atoms with Crippen molar-refractivity contribution >= 4 is 34.1 Å². The van der Waals surface area contributed by atoms with Gasteiger partial charge in [0.2, 0.25) is 0 Å². The maximum absolute atomic E-state index is 12.8. The van der Waals surface area contributed by atoms with Crippen LogP contribution < -0.4 is 5.32 Å². The molecular weight excluding hydrogens is 374 g/mol. The number of benzene rings is 2. The van der Waals surface area contributed by atoms with Crippen molar-refractivity contribution in [3.05, 3.63) is 89.9 Å². The molecule has 0 radical (unpaired) electrons. The summed E-state index contributed by atoms with van der Waals surface area (Å²) in [5, 5.41) is 6.06. The third-order valence-electron chi connectivity index (χ3n) is 3.77. The van der Waals surface area contributed by atoms with Crippen molar-refractivity contribution in [2.75, 3.05) is 5.32 Å². The molecule has 0 spiro atoms. The maximum atomic E-state index is 12.8. The molecule has 0 saturated heterocycles. The first-order chi connectivity index (χ1) is 13.3. The van der Waals surface area contributed by atoms with Crippen LogP contribution >= 0.6 is 23.1 Å². The highest BCUT2D eigenvalue weighted by atomic mass is 32.2. The van der Waals surface area contributed by atoms with E-state index in [0.29, 0.717) is 15.7 Å². The number of carbonyl (C=O) groups excluding carboxylic acids is 1. The minimum Gasteiger partial charge on any atom is -0.298 e. The Bertz CT molecular complexity index is 1050. The Labute approximate surface area is 165 Å². The van der Waals surface area contributed by atoms with Crippen LogP contribution in [0, 0.1) is 0 Å². The van der Waals surface area contributed by atoms with E-state index in [2.05, 4.69) is 15.3 Å². The fraction of sp³-hybridized carbons (Fsp3) is 0. The Kier molecular flexibility index (Phi) is 5.27. The Balaban J connectivity index is 1.53. The highest BCUT2D eigenvalue weighted by molar-refractivity contribution is 7.99. The Hall–Kier alpha value is -2.96. The molecule has 0 saturated carbocycles. The van der Waals surface area contributed by atoms with Gasteiger partial charge in [0.05, 0.1) is 11.3 Å². The first-order valence-electron chi connectivity index (χ1n) is 8.30. The number of hydrogen-bond acceptors (Lipinski definition) is 5. The van der Waals surface area contributed by atoms with Gasteiger partial charge in [-0.2, -0.15) is 0 Å². The molecule has 132 valence electrons. The Morgan fingerprint density at radius 2 is 1.67 bits per heavy atom. The number of nitrogens with one attached hydrogen (secondary N) is 1. The van der Waals surface area contributed by atoms with Gasteiger partial charge < -0.3 is 0 Å². The van der Waals surface area contributed by atoms with Gasteiger partial charge in [-0.3, -0.25) is 10.1 Å². The van der Waals surface area contributed by atoms with Crippen molar-refractivity contribution in [1.29, 1.82) is 0 Å². The standard InChI is InChI=1S/C21H15N3OS2/c25-19(24-21-23-18(14-26-21)15-8-3-1-4-9-15)17-12-7-13-22-20(17)27-16-10-5-2-6-11-16/h1-14H,(H,23,24,25). The van der Waals surface area contributed by atoms with Gasteiger partial charge in [0, 0.05) is 22.0 Å². The van der Waals surface area contributed by atoms with E-state index in [-0.39, 0.29) is 5.91 Å². The first kappa shape index (κ1) is 17.5. The summed E-state index contributed by atoms with van der Waals surface area (Å²) >= 11 is 2.87. The second kappa shape index (κ2) is 8.16. The average Bonchev–Trinajstić information content (AvgIpc) is 3.18. The summed E-state index contributed by atoms with van der Waals surface area (Å²) in [5.74, 6) is -0.213. The molecule has 2 aromatic carbocycles. The zero-order valence-electron chi connectivity index (χ0n) is 14.2. The molecule has 2 aromatic heterocycles. The SMILES string of the molecule is O=C(Nc1nc(-c2ccccc2)cs1)c1cccnc1Sc1ccccc1. The lowest BCUT2D eigenvalue weighted by Crippen LogP contribution is -2.13. The predicted molar refractivity (Wildman–Crippen MR) is 110 cm³/mol. The molecule has 0 fully saturated rings. The van der Waals surface area contributed by atoms with Crippen molar-refractivity contribution < 1.29 is 4.79 Å². The summed E-state index contributed by atoms with van der Waals surface area (Å²) in [5.41, 5.74) is 2.40. The van der Waals surface area contributed by atoms with Crippen LogP contribution in [0.1, 0.15) is 10.4 Å². The summed E-state index contributed by atoms with van der Waals surface area (Å²) in [4.78, 5) is 22.7. The zero-order chi connectivity index (χ0) is 18.5. The van der Waals surface area contributed by atoms with Crippen molar-refractivity contribution in [3.8, 4) is 11.3 Å². The minimum absolute atomic E-state index is 0.213. The summed E-state index contributed by atoms with van der Waals surface area (Å²) in [6.45, 7) is 0. The average molecular weight is 390 g/mol. The van der Waals surface area contributed by atoms with Gasteiger partial charge >= 0.3 is 0 Å². The van der Waals surface area contributed by atoms with Gasteiger partial charge in [-0.25, -0.2) is 9.97 Å². The highest BCUT2D eigenvalue weighted by Crippen LogP contribution is 2.29. The predicted octanol–water partition coefficient (Wildman–Crippen LogP) is 5.61. The van der Waals surface area contributed by atoms with Gasteiger partial charge in [0.15, 0.2) is 5.13 Å². The summed E-state index contributed by atoms with van der Waals surface area (Å²) < 4.78 is 0. The summed E-state index contributed by atoms with van der Waals surface area (Å²) in [6.07, 6.45) is 1.69. The van der Waals surface area contributed by atoms with E-state index in [9.17, 15) is 4.79 Å². The van der Waals surface area contributed by atoms with E-state index >= 15 is 0 Å². The summed E-state index contributed by atoms with van der Waals surface area (Å²) in [7, 11) is 0. The quantitative estimate of drug-likeness (QED) is 0.482. The summed E-state index contributed by atoms with van der Waals surface area (Å²) in [6, 6.07) is 23.3. The maximum Gasteiger partial charge on any atom is 0.260 e. The highest BCUT2D eigenvalue weighted by Gasteiger charge is 2.15. The molecule has 1 amide bonds. The lowest BCUT2D eigenvalue weighted by atomic mass is 10.2. The normalized spacial score (nSPS) is 10.5. The topological polar surface area (TPSA) is 54.9 Å². The van der Waals surface area contributed by atoms with Crippen molar-refractivity contribution in [1.82, 2.24) is 9.97 Å². The van der Waals surface area contributed by atoms with Crippen molar-refractivity contribution in [3.63, 3.8) is 0 Å². The molecule has 0 bridgehead atoms. The van der Waals surface area contributed by atoms with Crippen LogP contribution in [-0.4, -0.2) is 15.9 Å². The molecule has 0 aliphatic heterocycles. The molecule has 1 N–H and O–H groups in total. The molecular formula is C21H15N3OS2. The van der Waals surface area contributed by atoms with E-state index in [1.54, 1.807) is 18.3 Å². The van der Waals surface area contributed by atoms with Gasteiger partial charge in [-0.05, 0) is 24.3 Å². The fourth-order valence-electron chi connectivity index (χ4n) is 2.48. The molecule has 4 nitrogen and oxygen atoms in total. The molecule has 0 aliphatic rings. The van der Waals surface area contributed by atoms with Crippen LogP contribution in [0.2, 0.25) is 0 Å². The number of aromatic nitrogens is 2. The monoisotopic (exact) mass is 389 g/mol. The number of thiazole rings is 1. The van der Waals surface area contributed by atoms with E-state index in [1.165, 1.54) is 23.1 Å². The number of rotatable bonds is 5. The molecule has 4 aromatic rings. The van der Waals surface area contributed by atoms with Gasteiger partial charge in [0.25, 0.3) is 5.91 Å². The number of hydrogen-bond donors (Lipinski definition) is 1. The fourth-order valence-corrected chi connectivity index (χ4v) is 4.10. The molecule has 27 heavy (non-hydrogen) atoms. The second-order valence-electron chi connectivity index (χ2n) is 5.63. The Morgan fingerprint density at radius 1 is 0.926 bits per heavy atom. The lowest BCUT2D eigenvalue weighted by molar-refractivity contribution is 0.102. The van der Waals surface area contributed by atoms with Gasteiger partial charge in [-0.15, -0.1) is 11.3 Å². The molecule has 0 unspecified atom stereocenters. The lowest BCUT2D eigenvalue weighted by Gasteiger charge is -2.07. The third kappa shape index (κ3) is 4.24. The number of anilines is 1. The van der Waals surface area contributed by atoms with E-state index in [1.807, 2.05) is 66.0 Å². The van der Waals surface area contributed by atoms with Crippen LogP contribution in [0.15, 0.2) is 94.3 Å². The zero-order valence-corrected chi connectivity index (χ0v) is 15.8. The van der Waals surface area contributed by atoms with Crippen LogP contribution in [0.3, 0.4) is 0 Å². The minimum atomic E-state index is -0.213. The van der Waals surface area contributed by atoms with Crippen LogP contribution in [0.25, 0.3) is 11.3 Å². The van der Waals surface area contributed by atoms with Gasteiger partial charge in [-0.1, -0.05) is 60.3 Å². The molecule has 4 rings (SSSR count). The number of pyridine rings is 1. The van der Waals surface area contributed by atoms with E-state index in [0.717, 1.165) is 16.2 Å². The smallest absolute Gasteiger partial charge is 0.260 e. The van der Waals surface area contributed by atoms with Crippen LogP contribution in [-0.2, 0) is 0 Å². The van der Waals surface area contributed by atoms with Gasteiger partial charge in [0.1, 0.15) is 5.03 Å². The first-order valence-corrected chi connectivity index (χ1v) is 9.99. The van der Waals surface area contributed by atoms with Crippen molar-refractivity contribution in [2.24, 2.45) is 0 Å². The Morgan fingerprint density at radius 3 is 2.44 bits per heavy atom. The third-order valence-corrected chi connectivity index (χ3v) is 5.55. The van der Waals surface area contributed by atoms with Crippen LogP contribution in [0.5, 0.6) is 0 Å². The number of nitrogens with zero attached hydrogens (tertiary/aromatic N) is 2. The van der Waals surface area contributed by atoms with E-state index in [4.69, 9.17) is 0 Å². The largest absolute Gasteiger partial charge is 0.298 e. The second-order valence-corrected chi connectivity index (χ2v) is 7.55. The molecule has 6 heteroatoms. The number of amides is 1. The van der Waals surface area contributed by atoms with E-state index < -0.39 is 0 Å². The molecule has 2 heterocycles. The molecule has 0 aliphatic carbocycles.